The summed E-state index contributed by atoms with van der Waals surface area (Å²) < 4.78 is 14.8. The molecule has 0 unspecified atom stereocenters. The number of nitrogens with one attached hydrogen (secondary N) is 2. The van der Waals surface area contributed by atoms with Crippen LogP contribution in [0.15, 0.2) is 24.7 Å². The molecule has 0 spiro atoms. The molecule has 170 valence electrons. The van der Waals surface area contributed by atoms with Crippen molar-refractivity contribution in [2.75, 3.05) is 23.9 Å². The Morgan fingerprint density at radius 3 is 2.66 bits per heavy atom. The van der Waals surface area contributed by atoms with E-state index in [9.17, 15) is 9.18 Å². The number of amides is 1. The lowest BCUT2D eigenvalue weighted by molar-refractivity contribution is -0.115. The minimum atomic E-state index is -0.413. The summed E-state index contributed by atoms with van der Waals surface area (Å²) in [5, 5.41) is 16.3. The molecule has 1 fully saturated rings. The highest BCUT2D eigenvalue weighted by molar-refractivity contribution is 5.99. The maximum Gasteiger partial charge on any atom is 0.245 e. The number of aromatic nitrogens is 5. The van der Waals surface area contributed by atoms with Crippen LogP contribution in [0.1, 0.15) is 39.1 Å². The first-order chi connectivity index (χ1) is 15.6. The molecule has 10 heteroatoms. The monoisotopic (exact) mass is 441 g/mol. The molecule has 32 heavy (non-hydrogen) atoms. The van der Waals surface area contributed by atoms with Gasteiger partial charge in [-0.2, -0.15) is 5.10 Å². The molecule has 1 amide bonds. The summed E-state index contributed by atoms with van der Waals surface area (Å²) in [7, 11) is 1.00. The molecule has 3 N–H and O–H groups in total. The highest BCUT2D eigenvalue weighted by Gasteiger charge is 2.31. The number of nitrogens with zero attached hydrogens (tertiary/aromatic N) is 5. The van der Waals surface area contributed by atoms with Gasteiger partial charge in [0.2, 0.25) is 5.91 Å². The van der Waals surface area contributed by atoms with Gasteiger partial charge in [-0.15, -0.1) is 0 Å². The van der Waals surface area contributed by atoms with E-state index in [-0.39, 0.29) is 19.9 Å². The Bertz CT molecular complexity index is 1100. The van der Waals surface area contributed by atoms with Crippen LogP contribution in [0.25, 0.3) is 22.6 Å². The molecular formula is C22H28FN7O2. The molecule has 1 saturated carbocycles. The lowest BCUT2D eigenvalue weighted by Crippen LogP contribution is -2.46. The lowest BCUT2D eigenvalue weighted by atomic mass is 9.94. The fourth-order valence-electron chi connectivity index (χ4n) is 4.37. The number of aliphatic hydroxyl groups excluding tert-OH is 1. The first kappa shape index (κ1) is 21.8. The number of rotatable bonds is 3. The van der Waals surface area contributed by atoms with Gasteiger partial charge in [0.25, 0.3) is 0 Å². The van der Waals surface area contributed by atoms with Crippen LogP contribution in [0.4, 0.5) is 16.0 Å². The molecule has 5 rings (SSSR count). The van der Waals surface area contributed by atoms with Crippen molar-refractivity contribution in [1.29, 1.82) is 0 Å². The van der Waals surface area contributed by atoms with Gasteiger partial charge < -0.3 is 15.3 Å². The summed E-state index contributed by atoms with van der Waals surface area (Å²) in [6.45, 7) is 2.17. The van der Waals surface area contributed by atoms with E-state index in [4.69, 9.17) is 10.1 Å². The van der Waals surface area contributed by atoms with Gasteiger partial charge in [0, 0.05) is 20.1 Å². The van der Waals surface area contributed by atoms with Crippen LogP contribution in [0, 0.1) is 12.7 Å². The quantitative estimate of drug-likeness (QED) is 0.570. The predicted molar refractivity (Wildman–Crippen MR) is 121 cm³/mol. The van der Waals surface area contributed by atoms with Gasteiger partial charge >= 0.3 is 0 Å². The van der Waals surface area contributed by atoms with E-state index in [0.29, 0.717) is 34.3 Å². The molecule has 1 aliphatic heterocycles. The van der Waals surface area contributed by atoms with Gasteiger partial charge in [-0.1, -0.05) is 19.3 Å². The van der Waals surface area contributed by atoms with Crippen molar-refractivity contribution in [2.45, 2.75) is 45.1 Å². The fourth-order valence-corrected chi connectivity index (χ4v) is 4.37. The first-order valence-electron chi connectivity index (χ1n) is 10.6. The number of aromatic amines is 1. The first-order valence-corrected chi connectivity index (χ1v) is 10.6. The molecule has 1 aromatic carbocycles. The van der Waals surface area contributed by atoms with E-state index in [0.717, 1.165) is 38.4 Å². The van der Waals surface area contributed by atoms with Gasteiger partial charge in [0.15, 0.2) is 17.5 Å². The smallest absolute Gasteiger partial charge is 0.245 e. The van der Waals surface area contributed by atoms with Crippen molar-refractivity contribution in [3.05, 3.63) is 36.0 Å². The average Bonchev–Trinajstić information content (AvgIpc) is 3.36. The molecule has 0 radical (unpaired) electrons. The van der Waals surface area contributed by atoms with Crippen LogP contribution in [0.5, 0.6) is 0 Å². The molecule has 0 atom stereocenters. The zero-order valence-electron chi connectivity index (χ0n) is 18.1. The third-order valence-electron chi connectivity index (χ3n) is 5.87. The van der Waals surface area contributed by atoms with Crippen LogP contribution < -0.4 is 10.2 Å². The number of benzene rings is 1. The number of hydrogen-bond donors (Lipinski definition) is 3. The van der Waals surface area contributed by atoms with Crippen molar-refractivity contribution in [2.24, 2.45) is 0 Å². The standard InChI is InChI=1S/C21H22FN7O.CH4O.H2/c1-12-7-15(19-24-11-25-28-19)16(22)8-14(12)17-9-23-20-21(26-17)29(10-18(30)27-20)13-5-3-2-4-6-13;1-2;/h7-9,11,13H,2-6,10H2,1H3,(H,23,27,30)(H,24,25,28);2H,1H3;1H. The van der Waals surface area contributed by atoms with Crippen molar-refractivity contribution in [3.8, 4) is 22.6 Å². The number of halogens is 1. The second-order valence-electron chi connectivity index (χ2n) is 7.88. The van der Waals surface area contributed by atoms with E-state index in [2.05, 4.69) is 30.4 Å². The highest BCUT2D eigenvalue weighted by Crippen LogP contribution is 2.35. The number of anilines is 2. The number of carbonyl (C=O) groups excluding carboxylic acids is 1. The number of H-pyrrole nitrogens is 1. The maximum absolute atomic E-state index is 14.8. The fraction of sp³-hybridized carbons (Fsp3) is 0.409. The molecule has 2 aromatic heterocycles. The van der Waals surface area contributed by atoms with Crippen molar-refractivity contribution in [1.82, 2.24) is 25.1 Å². The Morgan fingerprint density at radius 1 is 1.16 bits per heavy atom. The number of aliphatic hydroxyl groups is 1. The summed E-state index contributed by atoms with van der Waals surface area (Å²) >= 11 is 0. The number of aryl methyl sites for hydroxylation is 1. The Morgan fingerprint density at radius 2 is 1.94 bits per heavy atom. The van der Waals surface area contributed by atoms with Gasteiger partial charge in [-0.05, 0) is 37.5 Å². The zero-order chi connectivity index (χ0) is 22.7. The molecular weight excluding hydrogens is 413 g/mol. The zero-order valence-corrected chi connectivity index (χ0v) is 18.1. The highest BCUT2D eigenvalue weighted by atomic mass is 19.1. The Kier molecular flexibility index (Phi) is 6.40. The third kappa shape index (κ3) is 4.18. The minimum Gasteiger partial charge on any atom is -0.400 e. The summed E-state index contributed by atoms with van der Waals surface area (Å²) in [4.78, 5) is 27.6. The van der Waals surface area contributed by atoms with Crippen LogP contribution >= 0.6 is 0 Å². The van der Waals surface area contributed by atoms with Gasteiger partial charge in [0.05, 0.1) is 24.0 Å². The Hall–Kier alpha value is -3.40. The summed E-state index contributed by atoms with van der Waals surface area (Å²) in [5.74, 6) is 1.03. The number of fused-ring (bicyclic) bond motifs is 1. The van der Waals surface area contributed by atoms with Gasteiger partial charge in [0.1, 0.15) is 12.1 Å². The molecule has 0 saturated heterocycles. The summed E-state index contributed by atoms with van der Waals surface area (Å²) in [5.41, 5.74) is 2.44. The predicted octanol–water partition coefficient (Wildman–Crippen LogP) is 3.32. The molecule has 3 aromatic rings. The topological polar surface area (TPSA) is 120 Å². The van der Waals surface area contributed by atoms with Crippen LogP contribution in [0.3, 0.4) is 0 Å². The lowest BCUT2D eigenvalue weighted by Gasteiger charge is -2.37. The second-order valence-corrected chi connectivity index (χ2v) is 7.88. The van der Waals surface area contributed by atoms with E-state index in [1.54, 1.807) is 12.3 Å². The van der Waals surface area contributed by atoms with Crippen LogP contribution in [-0.4, -0.2) is 55.9 Å². The SMILES string of the molecule is CO.Cc1cc(-c2ncn[nH]2)c(F)cc1-c1cnc2c(n1)N(C1CCCCC1)CC(=O)N2.[HH]. The van der Waals surface area contributed by atoms with E-state index < -0.39 is 5.82 Å². The van der Waals surface area contributed by atoms with Crippen molar-refractivity contribution < 1.29 is 15.7 Å². The molecule has 3 heterocycles. The molecule has 1 aliphatic carbocycles. The van der Waals surface area contributed by atoms with Crippen LogP contribution in [-0.2, 0) is 4.79 Å². The Balaban J connectivity index is 0.000000994. The third-order valence-corrected chi connectivity index (χ3v) is 5.87. The van der Waals surface area contributed by atoms with Gasteiger partial charge in [-0.25, -0.2) is 19.3 Å². The maximum atomic E-state index is 14.8. The Labute approximate surface area is 186 Å². The normalized spacial score (nSPS) is 16.1. The minimum absolute atomic E-state index is 0. The molecule has 2 aliphatic rings. The average molecular weight is 442 g/mol. The number of carbonyl (C=O) groups is 1. The van der Waals surface area contributed by atoms with E-state index in [1.165, 1.54) is 18.8 Å². The summed E-state index contributed by atoms with van der Waals surface area (Å²) in [6, 6.07) is 3.46. The van der Waals surface area contributed by atoms with Crippen molar-refractivity contribution >= 4 is 17.5 Å². The molecule has 9 nitrogen and oxygen atoms in total. The van der Waals surface area contributed by atoms with E-state index in [1.807, 2.05) is 6.92 Å². The van der Waals surface area contributed by atoms with Gasteiger partial charge in [-0.3, -0.25) is 9.89 Å². The van der Waals surface area contributed by atoms with E-state index >= 15 is 0 Å². The largest absolute Gasteiger partial charge is 0.400 e. The molecule has 0 bridgehead atoms. The summed E-state index contributed by atoms with van der Waals surface area (Å²) in [6.07, 6.45) is 8.54. The number of hydrogen-bond acceptors (Lipinski definition) is 7. The van der Waals surface area contributed by atoms with Crippen molar-refractivity contribution in [3.63, 3.8) is 0 Å². The second kappa shape index (κ2) is 9.39. The van der Waals surface area contributed by atoms with Crippen LogP contribution in [0.2, 0.25) is 0 Å².